The molecule has 0 heterocycles. The van der Waals surface area contributed by atoms with E-state index < -0.39 is 27.7 Å². The van der Waals surface area contributed by atoms with Crippen LogP contribution in [0.15, 0.2) is 0 Å². The van der Waals surface area contributed by atoms with E-state index in [1.165, 1.54) is 0 Å². The summed E-state index contributed by atoms with van der Waals surface area (Å²) in [6.45, 7) is 2.40. The van der Waals surface area contributed by atoms with Gasteiger partial charge in [-0.05, 0) is 6.42 Å². The molecule has 0 aromatic carbocycles. The Kier molecular flexibility index (Phi) is 10.8. The summed E-state index contributed by atoms with van der Waals surface area (Å²) in [6, 6.07) is 0. The third-order valence-electron chi connectivity index (χ3n) is 2.62. The predicted molar refractivity (Wildman–Crippen MR) is 83.7 cm³/mol. The molecule has 0 aliphatic carbocycles. The van der Waals surface area contributed by atoms with Gasteiger partial charge in [-0.2, -0.15) is 0 Å². The number of Topliss-reactive ketones (excluding diaryl/α,β-unsaturated/α-hetero) is 1. The summed E-state index contributed by atoms with van der Waals surface area (Å²) in [4.78, 5) is 34.2. The maximum absolute atomic E-state index is 11.6. The summed E-state index contributed by atoms with van der Waals surface area (Å²) in [5.74, 6) is -2.42. The summed E-state index contributed by atoms with van der Waals surface area (Å²) < 4.78 is 7.12. The van der Waals surface area contributed by atoms with E-state index in [2.05, 4.69) is 11.7 Å². The van der Waals surface area contributed by atoms with Gasteiger partial charge in [-0.25, -0.2) is 4.79 Å². The largest absolute Gasteiger partial charge is 0.466 e. The van der Waals surface area contributed by atoms with Crippen molar-refractivity contribution in [3.63, 3.8) is 0 Å². The average molecular weight is 377 g/mol. The van der Waals surface area contributed by atoms with Gasteiger partial charge in [0.15, 0.2) is 5.78 Å². The van der Waals surface area contributed by atoms with Crippen LogP contribution in [0.4, 0.5) is 0 Å². The third-order valence-corrected chi connectivity index (χ3v) is 3.08. The highest BCUT2D eigenvalue weighted by atomic mass is 35.6. The number of nitrogens with two attached hydrogens (primary N) is 1. The van der Waals surface area contributed by atoms with E-state index >= 15 is 0 Å². The number of carbonyl (C=O) groups excluding carboxylic acids is 3. The number of ketones is 1. The molecule has 0 spiro atoms. The van der Waals surface area contributed by atoms with Gasteiger partial charge in [0.1, 0.15) is 0 Å². The molecule has 0 amide bonds. The first-order valence-electron chi connectivity index (χ1n) is 6.90. The van der Waals surface area contributed by atoms with Gasteiger partial charge in [0.25, 0.3) is 3.79 Å². The van der Waals surface area contributed by atoms with Crippen LogP contribution < -0.4 is 5.73 Å². The molecule has 0 saturated heterocycles. The zero-order valence-corrected chi connectivity index (χ0v) is 14.5. The van der Waals surface area contributed by atoms with E-state index in [0.29, 0.717) is 6.61 Å². The average Bonchev–Trinajstić information content (AvgIpc) is 2.43. The molecule has 0 saturated carbocycles. The van der Waals surface area contributed by atoms with Crippen molar-refractivity contribution < 1.29 is 23.9 Å². The van der Waals surface area contributed by atoms with Crippen molar-refractivity contribution in [1.29, 1.82) is 0 Å². The van der Waals surface area contributed by atoms with Gasteiger partial charge in [-0.3, -0.25) is 15.3 Å². The number of halogens is 3. The second-order valence-corrected chi connectivity index (χ2v) is 6.85. The normalized spacial score (nSPS) is 12.6. The van der Waals surface area contributed by atoms with E-state index in [4.69, 9.17) is 45.3 Å². The van der Waals surface area contributed by atoms with E-state index in [9.17, 15) is 14.4 Å². The van der Waals surface area contributed by atoms with Crippen LogP contribution in [0.25, 0.3) is 0 Å². The van der Waals surface area contributed by atoms with Crippen molar-refractivity contribution in [2.45, 2.75) is 55.5 Å². The lowest BCUT2D eigenvalue weighted by Gasteiger charge is -2.15. The second-order valence-electron chi connectivity index (χ2n) is 4.57. The fraction of sp³-hybridized carbons (Fsp3) is 0.769. The van der Waals surface area contributed by atoms with E-state index in [1.807, 2.05) is 0 Å². The standard InChI is InChI=1S/C13H20Cl3NO5/c1-2-3-4-5-8-21-10(19)7-6-9(18)11(17)22-12(20)13(14,15)16/h11H,2-8,17H2,1H3. The van der Waals surface area contributed by atoms with Crippen LogP contribution in [-0.4, -0.2) is 34.3 Å². The third kappa shape index (κ3) is 10.2. The molecule has 22 heavy (non-hydrogen) atoms. The Morgan fingerprint density at radius 2 is 1.73 bits per heavy atom. The number of unbranched alkanes of at least 4 members (excludes halogenated alkanes) is 3. The number of esters is 2. The zero-order chi connectivity index (χ0) is 17.2. The Labute approximate surface area is 144 Å². The second kappa shape index (κ2) is 11.0. The molecule has 0 aliphatic rings. The number of hydrogen-bond donors (Lipinski definition) is 1. The molecule has 0 aromatic rings. The van der Waals surface area contributed by atoms with Crippen LogP contribution in [-0.2, 0) is 23.9 Å². The summed E-state index contributed by atoms with van der Waals surface area (Å²) >= 11 is 15.8. The zero-order valence-electron chi connectivity index (χ0n) is 12.3. The van der Waals surface area contributed by atoms with Crippen molar-refractivity contribution in [1.82, 2.24) is 0 Å². The molecule has 0 aromatic heterocycles. The summed E-state index contributed by atoms with van der Waals surface area (Å²) in [7, 11) is 0. The molecular weight excluding hydrogens is 357 g/mol. The van der Waals surface area contributed by atoms with Crippen molar-refractivity contribution in [3.8, 4) is 0 Å². The van der Waals surface area contributed by atoms with Crippen LogP contribution in [0, 0.1) is 0 Å². The van der Waals surface area contributed by atoms with Crippen LogP contribution in [0.2, 0.25) is 0 Å². The lowest BCUT2D eigenvalue weighted by Crippen LogP contribution is -2.39. The minimum atomic E-state index is -2.31. The Morgan fingerprint density at radius 3 is 2.27 bits per heavy atom. The van der Waals surface area contributed by atoms with Gasteiger partial charge in [0, 0.05) is 6.42 Å². The summed E-state index contributed by atoms with van der Waals surface area (Å²) in [5.41, 5.74) is 5.34. The Balaban J connectivity index is 3.92. The van der Waals surface area contributed by atoms with E-state index in [0.717, 1.165) is 25.7 Å². The van der Waals surface area contributed by atoms with Crippen LogP contribution in [0.1, 0.15) is 45.4 Å². The van der Waals surface area contributed by atoms with E-state index in [1.54, 1.807) is 0 Å². The van der Waals surface area contributed by atoms with Crippen LogP contribution in [0.3, 0.4) is 0 Å². The van der Waals surface area contributed by atoms with Crippen molar-refractivity contribution in [2.75, 3.05) is 6.61 Å². The van der Waals surface area contributed by atoms with Crippen molar-refractivity contribution >= 4 is 52.5 Å². The first-order chi connectivity index (χ1) is 10.2. The number of ether oxygens (including phenoxy) is 2. The number of carbonyl (C=O) groups is 3. The van der Waals surface area contributed by atoms with Gasteiger partial charge >= 0.3 is 11.9 Å². The Morgan fingerprint density at radius 1 is 1.09 bits per heavy atom. The molecule has 0 radical (unpaired) electrons. The molecule has 0 rings (SSSR count). The maximum atomic E-state index is 11.6. The smallest absolute Gasteiger partial charge is 0.360 e. The van der Waals surface area contributed by atoms with Gasteiger partial charge in [-0.15, -0.1) is 0 Å². The lowest BCUT2D eigenvalue weighted by atomic mass is 10.2. The van der Waals surface area contributed by atoms with Crippen molar-refractivity contribution in [3.05, 3.63) is 0 Å². The molecule has 128 valence electrons. The van der Waals surface area contributed by atoms with Gasteiger partial charge in [0.05, 0.1) is 13.0 Å². The topological polar surface area (TPSA) is 95.7 Å². The molecule has 0 bridgehead atoms. The molecule has 1 unspecified atom stereocenters. The fourth-order valence-electron chi connectivity index (χ4n) is 1.40. The molecule has 1 atom stereocenters. The number of hydrogen-bond acceptors (Lipinski definition) is 6. The van der Waals surface area contributed by atoms with Crippen LogP contribution in [0.5, 0.6) is 0 Å². The van der Waals surface area contributed by atoms with Crippen molar-refractivity contribution in [2.24, 2.45) is 5.73 Å². The summed E-state index contributed by atoms with van der Waals surface area (Å²) in [6.07, 6.45) is 2.00. The molecule has 6 nitrogen and oxygen atoms in total. The maximum Gasteiger partial charge on any atom is 0.360 e. The quantitative estimate of drug-likeness (QED) is 0.272. The molecule has 0 aliphatic heterocycles. The van der Waals surface area contributed by atoms with Gasteiger partial charge < -0.3 is 9.47 Å². The highest BCUT2D eigenvalue weighted by molar-refractivity contribution is 6.75. The number of rotatable bonds is 10. The minimum Gasteiger partial charge on any atom is -0.466 e. The van der Waals surface area contributed by atoms with Gasteiger partial charge in [0.2, 0.25) is 6.23 Å². The van der Waals surface area contributed by atoms with Crippen LogP contribution >= 0.6 is 34.8 Å². The minimum absolute atomic E-state index is 0.147. The predicted octanol–water partition coefficient (Wildman–Crippen LogP) is 2.66. The Bertz CT molecular complexity index is 384. The fourth-order valence-corrected chi connectivity index (χ4v) is 1.54. The molecule has 9 heteroatoms. The summed E-state index contributed by atoms with van der Waals surface area (Å²) in [5, 5.41) is 0. The molecular formula is C13H20Cl3NO5. The SMILES string of the molecule is CCCCCCOC(=O)CCC(=O)C(N)OC(=O)C(Cl)(Cl)Cl. The highest BCUT2D eigenvalue weighted by Gasteiger charge is 2.35. The first kappa shape index (κ1) is 21.4. The monoisotopic (exact) mass is 375 g/mol. The van der Waals surface area contributed by atoms with Gasteiger partial charge in [-0.1, -0.05) is 61.0 Å². The van der Waals surface area contributed by atoms with E-state index in [-0.39, 0.29) is 12.8 Å². The molecule has 2 N–H and O–H groups in total. The highest BCUT2D eigenvalue weighted by Crippen LogP contribution is 2.27. The number of alkyl halides is 3. The first-order valence-corrected chi connectivity index (χ1v) is 8.03. The molecule has 0 fully saturated rings. The lowest BCUT2D eigenvalue weighted by molar-refractivity contribution is -0.154. The Hall–Kier alpha value is -0.560.